The molecule has 102 valence electrons. The first kappa shape index (κ1) is 11.3. The fraction of sp³-hybridized carbons (Fsp3) is 0.308. The fourth-order valence-corrected chi connectivity index (χ4v) is 2.83. The summed E-state index contributed by atoms with van der Waals surface area (Å²) in [6, 6.07) is 2.28. The second kappa shape index (κ2) is 3.96. The molecule has 0 spiro atoms. The monoisotopic (exact) mass is 271 g/mol. The van der Waals surface area contributed by atoms with Crippen LogP contribution < -0.4 is 5.73 Å². The van der Waals surface area contributed by atoms with Crippen LogP contribution in [0.5, 0.6) is 0 Å². The average molecular weight is 271 g/mol. The van der Waals surface area contributed by atoms with E-state index in [2.05, 4.69) is 19.5 Å². The van der Waals surface area contributed by atoms with E-state index >= 15 is 0 Å². The van der Waals surface area contributed by atoms with E-state index in [1.165, 1.54) is 0 Å². The minimum atomic E-state index is -0.707. The van der Waals surface area contributed by atoms with Crippen molar-refractivity contribution >= 4 is 28.2 Å². The Morgan fingerprint density at radius 1 is 1.45 bits per heavy atom. The van der Waals surface area contributed by atoms with E-state index in [-0.39, 0.29) is 12.1 Å². The number of nitrogens with one attached hydrogen (secondary N) is 1. The number of primary amides is 1. The largest absolute Gasteiger partial charge is 0.446 e. The first-order valence-electron chi connectivity index (χ1n) is 6.47. The van der Waals surface area contributed by atoms with E-state index in [4.69, 9.17) is 10.5 Å². The standard InChI is InChI=1S/C13H13N5O2/c14-13(19)20-8-3-7(4-8)18-6-17-10-5-16-12-9(11(10)18)1-2-15-12/h1-2,5-8H,3-4H2,(H2,14,19)(H,15,16)/t7-,8+. The van der Waals surface area contributed by atoms with Gasteiger partial charge in [-0.3, -0.25) is 0 Å². The van der Waals surface area contributed by atoms with E-state index in [9.17, 15) is 4.79 Å². The van der Waals surface area contributed by atoms with Crippen LogP contribution in [0.25, 0.3) is 22.1 Å². The predicted octanol–water partition coefficient (Wildman–Crippen LogP) is 1.71. The summed E-state index contributed by atoms with van der Waals surface area (Å²) in [6.07, 6.45) is 6.20. The predicted molar refractivity (Wildman–Crippen MR) is 72.1 cm³/mol. The first-order valence-corrected chi connectivity index (χ1v) is 6.47. The Morgan fingerprint density at radius 3 is 3.10 bits per heavy atom. The maximum absolute atomic E-state index is 10.7. The van der Waals surface area contributed by atoms with Crippen LogP contribution in [-0.4, -0.2) is 31.7 Å². The summed E-state index contributed by atoms with van der Waals surface area (Å²) in [7, 11) is 0. The minimum absolute atomic E-state index is 0.0847. The molecule has 7 nitrogen and oxygen atoms in total. The van der Waals surface area contributed by atoms with Crippen LogP contribution in [0.3, 0.4) is 0 Å². The first-order chi connectivity index (χ1) is 9.72. The van der Waals surface area contributed by atoms with E-state index in [0.717, 1.165) is 34.9 Å². The van der Waals surface area contributed by atoms with Gasteiger partial charge in [-0.15, -0.1) is 0 Å². The van der Waals surface area contributed by atoms with Crippen LogP contribution in [0, 0.1) is 0 Å². The van der Waals surface area contributed by atoms with Crippen molar-refractivity contribution in [3.63, 3.8) is 0 Å². The molecule has 0 aromatic carbocycles. The van der Waals surface area contributed by atoms with Crippen molar-refractivity contribution in [1.82, 2.24) is 19.5 Å². The Kier molecular flexibility index (Phi) is 2.23. The Hall–Kier alpha value is -2.57. The molecule has 1 fully saturated rings. The van der Waals surface area contributed by atoms with Crippen LogP contribution in [0.15, 0.2) is 24.8 Å². The van der Waals surface area contributed by atoms with Gasteiger partial charge in [0, 0.05) is 30.5 Å². The third-order valence-electron chi connectivity index (χ3n) is 3.86. The highest BCUT2D eigenvalue weighted by Crippen LogP contribution is 2.37. The highest BCUT2D eigenvalue weighted by Gasteiger charge is 2.34. The molecule has 0 saturated heterocycles. The molecular formula is C13H13N5O2. The van der Waals surface area contributed by atoms with Gasteiger partial charge in [0.15, 0.2) is 0 Å². The van der Waals surface area contributed by atoms with Crippen LogP contribution in [0.4, 0.5) is 4.79 Å². The van der Waals surface area contributed by atoms with Gasteiger partial charge in [-0.2, -0.15) is 0 Å². The number of aromatic nitrogens is 4. The van der Waals surface area contributed by atoms with E-state index < -0.39 is 6.09 Å². The molecule has 3 aromatic heterocycles. The molecule has 0 radical (unpaired) electrons. The van der Waals surface area contributed by atoms with Crippen molar-refractivity contribution in [1.29, 1.82) is 0 Å². The van der Waals surface area contributed by atoms with Crippen molar-refractivity contribution in [2.75, 3.05) is 0 Å². The third-order valence-corrected chi connectivity index (χ3v) is 3.86. The molecule has 3 N–H and O–H groups in total. The number of carbonyl (C=O) groups is 1. The second-order valence-electron chi connectivity index (χ2n) is 5.07. The zero-order valence-corrected chi connectivity index (χ0v) is 10.6. The Balaban J connectivity index is 1.71. The molecule has 0 atom stereocenters. The lowest BCUT2D eigenvalue weighted by Crippen LogP contribution is -2.36. The molecule has 1 saturated carbocycles. The van der Waals surface area contributed by atoms with E-state index in [1.54, 1.807) is 6.20 Å². The van der Waals surface area contributed by atoms with Gasteiger partial charge in [-0.05, 0) is 6.07 Å². The Labute approximate surface area is 113 Å². The van der Waals surface area contributed by atoms with Crippen molar-refractivity contribution in [3.8, 4) is 0 Å². The molecule has 20 heavy (non-hydrogen) atoms. The van der Waals surface area contributed by atoms with Crippen LogP contribution in [0.2, 0.25) is 0 Å². The van der Waals surface area contributed by atoms with Gasteiger partial charge in [0.25, 0.3) is 0 Å². The SMILES string of the molecule is NC(=O)O[C@H]1C[C@@H](n2cnc3cnc4[nH]ccc4c32)C1. The summed E-state index contributed by atoms with van der Waals surface area (Å²) in [4.78, 5) is 22.5. The van der Waals surface area contributed by atoms with Crippen LogP contribution in [-0.2, 0) is 4.74 Å². The number of aromatic amines is 1. The number of pyridine rings is 1. The Morgan fingerprint density at radius 2 is 2.30 bits per heavy atom. The number of fused-ring (bicyclic) bond motifs is 3. The number of carbonyl (C=O) groups excluding carboxylic acids is 1. The van der Waals surface area contributed by atoms with Gasteiger partial charge in [0.2, 0.25) is 0 Å². The van der Waals surface area contributed by atoms with Gasteiger partial charge < -0.3 is 20.0 Å². The number of imidazole rings is 1. The molecule has 1 amide bonds. The summed E-state index contributed by atoms with van der Waals surface area (Å²) < 4.78 is 7.12. The summed E-state index contributed by atoms with van der Waals surface area (Å²) in [5, 5.41) is 1.05. The lowest BCUT2D eigenvalue weighted by molar-refractivity contribution is 0.0281. The lowest BCUT2D eigenvalue weighted by Gasteiger charge is -2.35. The smallest absolute Gasteiger partial charge is 0.404 e. The van der Waals surface area contributed by atoms with E-state index in [0.29, 0.717) is 0 Å². The molecule has 3 heterocycles. The third kappa shape index (κ3) is 1.56. The fourth-order valence-electron chi connectivity index (χ4n) is 2.83. The van der Waals surface area contributed by atoms with E-state index in [1.807, 2.05) is 18.6 Å². The zero-order valence-electron chi connectivity index (χ0n) is 10.6. The van der Waals surface area contributed by atoms with Crippen molar-refractivity contribution in [3.05, 3.63) is 24.8 Å². The number of hydrogen-bond donors (Lipinski definition) is 2. The van der Waals surface area contributed by atoms with Crippen LogP contribution >= 0.6 is 0 Å². The quantitative estimate of drug-likeness (QED) is 0.741. The molecule has 1 aliphatic carbocycles. The second-order valence-corrected chi connectivity index (χ2v) is 5.07. The molecular weight excluding hydrogens is 258 g/mol. The summed E-state index contributed by atoms with van der Waals surface area (Å²) in [5.41, 5.74) is 7.82. The molecule has 0 aliphatic heterocycles. The molecule has 0 bridgehead atoms. The highest BCUT2D eigenvalue weighted by atomic mass is 16.6. The van der Waals surface area contributed by atoms with Gasteiger partial charge in [0.1, 0.15) is 17.3 Å². The zero-order chi connectivity index (χ0) is 13.7. The molecule has 3 aromatic rings. The summed E-state index contributed by atoms with van der Waals surface area (Å²) in [6.45, 7) is 0. The number of rotatable bonds is 2. The van der Waals surface area contributed by atoms with Gasteiger partial charge in [-0.25, -0.2) is 14.8 Å². The molecule has 0 unspecified atom stereocenters. The number of amides is 1. The Bertz CT molecular complexity index is 799. The average Bonchev–Trinajstić information content (AvgIpc) is 2.98. The normalized spacial score (nSPS) is 22.0. The highest BCUT2D eigenvalue weighted by molar-refractivity contribution is 6.00. The summed E-state index contributed by atoms with van der Waals surface area (Å²) in [5.74, 6) is 0. The summed E-state index contributed by atoms with van der Waals surface area (Å²) >= 11 is 0. The maximum atomic E-state index is 10.7. The topological polar surface area (TPSA) is 98.8 Å². The lowest BCUT2D eigenvalue weighted by atomic mass is 9.89. The van der Waals surface area contributed by atoms with Crippen molar-refractivity contribution in [2.24, 2.45) is 5.73 Å². The molecule has 7 heteroatoms. The van der Waals surface area contributed by atoms with Crippen LogP contribution in [0.1, 0.15) is 18.9 Å². The minimum Gasteiger partial charge on any atom is -0.446 e. The number of ether oxygens (including phenoxy) is 1. The van der Waals surface area contributed by atoms with Gasteiger partial charge in [-0.1, -0.05) is 0 Å². The number of nitrogens with two attached hydrogens (primary N) is 1. The molecule has 1 aliphatic rings. The van der Waals surface area contributed by atoms with Crippen molar-refractivity contribution in [2.45, 2.75) is 25.0 Å². The van der Waals surface area contributed by atoms with Crippen molar-refractivity contribution < 1.29 is 9.53 Å². The van der Waals surface area contributed by atoms with Gasteiger partial charge >= 0.3 is 6.09 Å². The number of nitrogens with zero attached hydrogens (tertiary/aromatic N) is 3. The molecule has 4 rings (SSSR count). The maximum Gasteiger partial charge on any atom is 0.404 e. The number of H-pyrrole nitrogens is 1. The number of hydrogen-bond acceptors (Lipinski definition) is 4. The van der Waals surface area contributed by atoms with Gasteiger partial charge in [0.05, 0.1) is 18.0 Å².